The normalized spacial score (nSPS) is 9.61. The van der Waals surface area contributed by atoms with Gasteiger partial charge in [-0.25, -0.2) is 0 Å². The van der Waals surface area contributed by atoms with E-state index in [0.717, 1.165) is 4.47 Å². The molecule has 1 heterocycles. The van der Waals surface area contributed by atoms with Gasteiger partial charge in [-0.15, -0.1) is 0 Å². The molecule has 0 fully saturated rings. The summed E-state index contributed by atoms with van der Waals surface area (Å²) in [7, 11) is 0. The van der Waals surface area contributed by atoms with Crippen molar-refractivity contribution in [1.29, 1.82) is 0 Å². The van der Waals surface area contributed by atoms with Gasteiger partial charge in [0, 0.05) is 27.9 Å². The van der Waals surface area contributed by atoms with Crippen molar-refractivity contribution in [3.63, 3.8) is 0 Å². The average molecular weight is 419 g/mol. The minimum atomic E-state index is 0. The van der Waals surface area contributed by atoms with E-state index in [1.807, 2.05) is 24.3 Å². The number of hydrogen-bond donors (Lipinski definition) is 1. The van der Waals surface area contributed by atoms with E-state index < -0.39 is 0 Å². The van der Waals surface area contributed by atoms with Crippen LogP contribution in [0.4, 0.5) is 5.69 Å². The summed E-state index contributed by atoms with van der Waals surface area (Å²) in [6.45, 7) is 0.321. The number of nitrogens with zero attached hydrogens (tertiary/aromatic N) is 1. The van der Waals surface area contributed by atoms with E-state index in [4.69, 9.17) is 5.73 Å². The molecule has 2 rings (SSSR count). The molecule has 0 aliphatic rings. The van der Waals surface area contributed by atoms with E-state index in [1.54, 1.807) is 29.1 Å². The maximum atomic E-state index is 11.9. The molecule has 2 N–H and O–H groups in total. The minimum absolute atomic E-state index is 0. The monoisotopic (exact) mass is 418 g/mol. The van der Waals surface area contributed by atoms with Gasteiger partial charge in [0.2, 0.25) is 12.3 Å². The summed E-state index contributed by atoms with van der Waals surface area (Å²) in [4.78, 5) is 11.9. The Morgan fingerprint density at radius 1 is 1.11 bits per heavy atom. The zero-order valence-corrected chi connectivity index (χ0v) is 13.3. The topological polar surface area (TPSA) is 47.0 Å². The number of anilines is 1. The second kappa shape index (κ2) is 6.84. The summed E-state index contributed by atoms with van der Waals surface area (Å²) >= 11 is 3.34. The molecule has 1 aromatic carbocycles. The highest BCUT2D eigenvalue weighted by molar-refractivity contribution is 9.10. The Labute approximate surface area is 131 Å². The van der Waals surface area contributed by atoms with Gasteiger partial charge in [-0.2, -0.15) is 4.57 Å². The van der Waals surface area contributed by atoms with E-state index in [0.29, 0.717) is 17.8 Å². The van der Waals surface area contributed by atoms with Gasteiger partial charge >= 0.3 is 0 Å². The maximum Gasteiger partial charge on any atom is 0.227 e. The number of Topliss-reactive ketones (excluding diaryl/α,β-unsaturated/α-hetero) is 1. The maximum absolute atomic E-state index is 11.9. The Balaban J connectivity index is 0.00000162. The molecule has 5 heteroatoms. The average Bonchev–Trinajstić information content (AvgIpc) is 2.33. The molecule has 0 saturated heterocycles. The van der Waals surface area contributed by atoms with Gasteiger partial charge in [0.25, 0.3) is 0 Å². The fourth-order valence-electron chi connectivity index (χ4n) is 1.47. The number of carbonyl (C=O) groups excluding carboxylic acids is 1. The van der Waals surface area contributed by atoms with Gasteiger partial charge in [0.05, 0.1) is 0 Å². The highest BCUT2D eigenvalue weighted by Gasteiger charge is 2.11. The van der Waals surface area contributed by atoms with Gasteiger partial charge in [0.1, 0.15) is 0 Å². The van der Waals surface area contributed by atoms with Crippen LogP contribution in [0.25, 0.3) is 0 Å². The highest BCUT2D eigenvalue weighted by atomic mass is 127. The molecule has 0 radical (unpaired) electrons. The molecule has 0 amide bonds. The van der Waals surface area contributed by atoms with Crippen LogP contribution in [-0.4, -0.2) is 5.78 Å². The van der Waals surface area contributed by atoms with Crippen molar-refractivity contribution >= 4 is 27.4 Å². The number of benzene rings is 1. The lowest BCUT2D eigenvalue weighted by Gasteiger charge is -1.99. The fraction of sp³-hybridized carbons (Fsp3) is 0.0769. The van der Waals surface area contributed by atoms with Gasteiger partial charge in [-0.1, -0.05) is 28.1 Å². The summed E-state index contributed by atoms with van der Waals surface area (Å²) in [5.41, 5.74) is 6.98. The van der Waals surface area contributed by atoms with Crippen molar-refractivity contribution in [2.45, 2.75) is 6.54 Å². The summed E-state index contributed by atoms with van der Waals surface area (Å²) in [5, 5.41) is 0. The van der Waals surface area contributed by atoms with E-state index in [-0.39, 0.29) is 29.8 Å². The molecular weight excluding hydrogens is 407 g/mol. The van der Waals surface area contributed by atoms with E-state index in [2.05, 4.69) is 15.9 Å². The van der Waals surface area contributed by atoms with Crippen molar-refractivity contribution in [1.82, 2.24) is 0 Å². The lowest BCUT2D eigenvalue weighted by Crippen LogP contribution is -3.00. The molecule has 0 bridgehead atoms. The first-order valence-corrected chi connectivity index (χ1v) is 5.98. The molecule has 0 atom stereocenters. The summed E-state index contributed by atoms with van der Waals surface area (Å²) in [6, 6.07) is 10.9. The Kier molecular flexibility index (Phi) is 5.74. The predicted octanol–water partition coefficient (Wildman–Crippen LogP) is -0.794. The third-order valence-electron chi connectivity index (χ3n) is 2.41. The molecule has 0 aliphatic heterocycles. The van der Waals surface area contributed by atoms with Crippen molar-refractivity contribution < 1.29 is 33.3 Å². The van der Waals surface area contributed by atoms with E-state index >= 15 is 0 Å². The smallest absolute Gasteiger partial charge is 0.227 e. The Hall–Kier alpha value is -0.950. The van der Waals surface area contributed by atoms with Crippen LogP contribution in [0.2, 0.25) is 0 Å². The molecule has 94 valence electrons. The van der Waals surface area contributed by atoms with Gasteiger partial charge in [-0.3, -0.25) is 4.79 Å². The first-order chi connectivity index (χ1) is 8.15. The van der Waals surface area contributed by atoms with Crippen molar-refractivity contribution in [3.05, 3.63) is 58.8 Å². The summed E-state index contributed by atoms with van der Waals surface area (Å²) in [6.07, 6.45) is 3.60. The number of aromatic nitrogens is 1. The Morgan fingerprint density at radius 2 is 1.67 bits per heavy atom. The van der Waals surface area contributed by atoms with E-state index in [9.17, 15) is 4.79 Å². The molecule has 0 saturated carbocycles. The van der Waals surface area contributed by atoms with Crippen molar-refractivity contribution in [2.75, 3.05) is 5.73 Å². The first kappa shape index (κ1) is 15.1. The second-order valence-electron chi connectivity index (χ2n) is 3.73. The van der Waals surface area contributed by atoms with Gasteiger partial charge in [-0.05, 0) is 12.1 Å². The van der Waals surface area contributed by atoms with Crippen LogP contribution in [0, 0.1) is 0 Å². The molecule has 3 nitrogen and oxygen atoms in total. The predicted molar refractivity (Wildman–Crippen MR) is 69.5 cm³/mol. The molecule has 18 heavy (non-hydrogen) atoms. The van der Waals surface area contributed by atoms with Gasteiger partial charge in [0.15, 0.2) is 12.4 Å². The molecule has 1 aromatic heterocycles. The number of carbonyl (C=O) groups is 1. The molecular formula is C13H12BrIN2O. The quantitative estimate of drug-likeness (QED) is 0.403. The lowest BCUT2D eigenvalue weighted by atomic mass is 10.1. The zero-order chi connectivity index (χ0) is 12.3. The third kappa shape index (κ3) is 4.06. The largest absolute Gasteiger partial charge is 1.00 e. The van der Waals surface area contributed by atoms with Crippen molar-refractivity contribution in [3.8, 4) is 0 Å². The number of pyridine rings is 1. The van der Waals surface area contributed by atoms with Crippen LogP contribution in [-0.2, 0) is 6.54 Å². The fourth-order valence-corrected chi connectivity index (χ4v) is 1.73. The Morgan fingerprint density at radius 3 is 2.22 bits per heavy atom. The number of nitrogen functional groups attached to an aromatic ring is 1. The number of ketones is 1. The standard InChI is InChI=1S/C13H11BrN2O.HI/c14-11-3-1-10(2-4-11)13(17)9-16-7-5-12(15)6-8-16;/h1-8,15H,9H2;1H. The van der Waals surface area contributed by atoms with Crippen LogP contribution in [0.3, 0.4) is 0 Å². The summed E-state index contributed by atoms with van der Waals surface area (Å²) < 4.78 is 2.77. The van der Waals surface area contributed by atoms with E-state index in [1.165, 1.54) is 0 Å². The van der Waals surface area contributed by atoms with Crippen molar-refractivity contribution in [2.24, 2.45) is 0 Å². The zero-order valence-electron chi connectivity index (χ0n) is 9.51. The number of hydrogen-bond acceptors (Lipinski definition) is 2. The van der Waals surface area contributed by atoms with Crippen LogP contribution >= 0.6 is 15.9 Å². The van der Waals surface area contributed by atoms with Crippen LogP contribution in [0.5, 0.6) is 0 Å². The number of halogens is 2. The number of nitrogens with two attached hydrogens (primary N) is 1. The van der Waals surface area contributed by atoms with Crippen LogP contribution in [0.15, 0.2) is 53.3 Å². The Bertz CT molecular complexity index is 526. The molecule has 0 unspecified atom stereocenters. The summed E-state index contributed by atoms with van der Waals surface area (Å²) in [5.74, 6) is 0.0762. The van der Waals surface area contributed by atoms with Gasteiger partial charge < -0.3 is 29.7 Å². The SMILES string of the molecule is Nc1cc[n+](CC(=O)c2ccc(Br)cc2)cc1.[I-]. The lowest BCUT2D eigenvalue weighted by molar-refractivity contribution is -0.683. The van der Waals surface area contributed by atoms with Crippen LogP contribution < -0.4 is 34.3 Å². The third-order valence-corrected chi connectivity index (χ3v) is 2.94. The molecule has 0 aliphatic carbocycles. The molecule has 0 spiro atoms. The van der Waals surface area contributed by atoms with Crippen LogP contribution in [0.1, 0.15) is 10.4 Å². The highest BCUT2D eigenvalue weighted by Crippen LogP contribution is 2.10. The molecule has 2 aromatic rings. The second-order valence-corrected chi connectivity index (χ2v) is 4.65. The minimum Gasteiger partial charge on any atom is -1.00 e. The first-order valence-electron chi connectivity index (χ1n) is 5.18. The number of rotatable bonds is 3.